The highest BCUT2D eigenvalue weighted by Crippen LogP contribution is 2.15. The topological polar surface area (TPSA) is 66.1 Å². The first-order valence-electron chi connectivity index (χ1n) is 6.11. The van der Waals surface area contributed by atoms with Crippen LogP contribution in [0.3, 0.4) is 0 Å². The van der Waals surface area contributed by atoms with E-state index in [0.29, 0.717) is 6.42 Å². The molecule has 5 nitrogen and oxygen atoms in total. The molecule has 0 aliphatic rings. The average Bonchev–Trinajstić information content (AvgIpc) is 2.47. The molecular weight excluding hydrogens is 240 g/mol. The molecule has 2 rings (SSSR count). The van der Waals surface area contributed by atoms with Crippen LogP contribution in [-0.2, 0) is 4.79 Å². The zero-order chi connectivity index (χ0) is 13.5. The predicted molar refractivity (Wildman–Crippen MR) is 76.0 cm³/mol. The van der Waals surface area contributed by atoms with Gasteiger partial charge in [-0.25, -0.2) is 4.98 Å². The molecule has 1 aromatic carbocycles. The lowest BCUT2D eigenvalue weighted by atomic mass is 10.3. The number of nitrogens with zero attached hydrogens (tertiary/aromatic N) is 1. The number of carbonyl (C=O) groups is 1. The van der Waals surface area contributed by atoms with Crippen LogP contribution < -0.4 is 16.2 Å². The maximum atomic E-state index is 11.1. The number of amides is 1. The molecular formula is C14H16N4O. The molecule has 0 saturated carbocycles. The van der Waals surface area contributed by atoms with Crippen LogP contribution in [-0.4, -0.2) is 10.9 Å². The highest BCUT2D eigenvalue weighted by atomic mass is 16.2. The Morgan fingerprint density at radius 1 is 1.11 bits per heavy atom. The minimum atomic E-state index is -0.0634. The van der Waals surface area contributed by atoms with Crippen LogP contribution >= 0.6 is 0 Å². The van der Waals surface area contributed by atoms with E-state index >= 15 is 0 Å². The number of hydrogen-bond donors (Lipinski definition) is 3. The monoisotopic (exact) mass is 256 g/mol. The Morgan fingerprint density at radius 3 is 2.53 bits per heavy atom. The second-order valence-electron chi connectivity index (χ2n) is 3.95. The molecule has 0 atom stereocenters. The highest BCUT2D eigenvalue weighted by molar-refractivity contribution is 5.77. The van der Waals surface area contributed by atoms with Crippen LogP contribution in [0.25, 0.3) is 0 Å². The summed E-state index contributed by atoms with van der Waals surface area (Å²) < 4.78 is 0. The first kappa shape index (κ1) is 12.9. The van der Waals surface area contributed by atoms with Gasteiger partial charge < -0.3 is 5.32 Å². The molecule has 0 fully saturated rings. The number of hydrazine groups is 1. The number of benzene rings is 1. The van der Waals surface area contributed by atoms with Gasteiger partial charge in [0.2, 0.25) is 5.91 Å². The smallest absolute Gasteiger partial charge is 0.238 e. The number of para-hydroxylation sites is 1. The van der Waals surface area contributed by atoms with Crippen LogP contribution in [0.15, 0.2) is 48.7 Å². The Morgan fingerprint density at radius 2 is 1.89 bits per heavy atom. The molecule has 0 aliphatic heterocycles. The summed E-state index contributed by atoms with van der Waals surface area (Å²) >= 11 is 0. The highest BCUT2D eigenvalue weighted by Gasteiger charge is 1.98. The normalized spacial score (nSPS) is 9.74. The number of pyridine rings is 1. The van der Waals surface area contributed by atoms with Gasteiger partial charge in [-0.1, -0.05) is 25.1 Å². The van der Waals surface area contributed by atoms with Crippen LogP contribution in [0.5, 0.6) is 0 Å². The molecule has 19 heavy (non-hydrogen) atoms. The molecule has 5 heteroatoms. The summed E-state index contributed by atoms with van der Waals surface area (Å²) in [5.74, 6) is 0.685. The van der Waals surface area contributed by atoms with Crippen molar-refractivity contribution in [2.45, 2.75) is 13.3 Å². The number of nitrogens with one attached hydrogen (secondary N) is 3. The van der Waals surface area contributed by atoms with Crippen molar-refractivity contribution in [1.29, 1.82) is 0 Å². The minimum Gasteiger partial charge on any atom is -0.340 e. The molecule has 0 aliphatic carbocycles. The summed E-state index contributed by atoms with van der Waals surface area (Å²) in [7, 11) is 0. The van der Waals surface area contributed by atoms with Crippen molar-refractivity contribution in [3.63, 3.8) is 0 Å². The summed E-state index contributed by atoms with van der Waals surface area (Å²) in [5, 5.41) is 3.18. The third-order valence-corrected chi connectivity index (χ3v) is 2.48. The fourth-order valence-electron chi connectivity index (χ4n) is 1.44. The summed E-state index contributed by atoms with van der Waals surface area (Å²) in [6.45, 7) is 1.79. The third kappa shape index (κ3) is 3.99. The van der Waals surface area contributed by atoms with Crippen molar-refractivity contribution in [3.05, 3.63) is 48.7 Å². The van der Waals surface area contributed by atoms with E-state index < -0.39 is 0 Å². The lowest BCUT2D eigenvalue weighted by Crippen LogP contribution is -2.28. The Labute approximate surface area is 112 Å². The molecule has 1 heterocycles. The molecule has 0 bridgehead atoms. The minimum absolute atomic E-state index is 0.0634. The molecule has 0 saturated heterocycles. The second-order valence-corrected chi connectivity index (χ2v) is 3.95. The number of aromatic nitrogens is 1. The average molecular weight is 256 g/mol. The summed E-state index contributed by atoms with van der Waals surface area (Å²) in [6, 6.07) is 13.5. The molecule has 0 unspecified atom stereocenters. The van der Waals surface area contributed by atoms with E-state index in [1.165, 1.54) is 0 Å². The quantitative estimate of drug-likeness (QED) is 0.720. The van der Waals surface area contributed by atoms with E-state index in [0.717, 1.165) is 17.2 Å². The van der Waals surface area contributed by atoms with E-state index in [9.17, 15) is 4.79 Å². The molecule has 3 N–H and O–H groups in total. The van der Waals surface area contributed by atoms with E-state index in [1.807, 2.05) is 42.5 Å². The van der Waals surface area contributed by atoms with Crippen LogP contribution in [0, 0.1) is 0 Å². The van der Waals surface area contributed by atoms with Crippen molar-refractivity contribution >= 4 is 23.1 Å². The fourth-order valence-corrected chi connectivity index (χ4v) is 1.44. The lowest BCUT2D eigenvalue weighted by molar-refractivity contribution is -0.120. The SMILES string of the molecule is CCC(=O)NNc1ccc(Nc2ccccc2)nc1. The Kier molecular flexibility index (Phi) is 4.34. The molecule has 0 radical (unpaired) electrons. The van der Waals surface area contributed by atoms with Gasteiger partial charge in [0, 0.05) is 12.1 Å². The van der Waals surface area contributed by atoms with E-state index in [2.05, 4.69) is 21.2 Å². The van der Waals surface area contributed by atoms with Gasteiger partial charge >= 0.3 is 0 Å². The zero-order valence-corrected chi connectivity index (χ0v) is 10.7. The van der Waals surface area contributed by atoms with Crippen LogP contribution in [0.2, 0.25) is 0 Å². The maximum Gasteiger partial charge on any atom is 0.238 e. The van der Waals surface area contributed by atoms with Gasteiger partial charge in [0.15, 0.2) is 0 Å². The van der Waals surface area contributed by atoms with Gasteiger partial charge in [-0.2, -0.15) is 0 Å². The molecule has 98 valence electrons. The lowest BCUT2D eigenvalue weighted by Gasteiger charge is -2.09. The number of hydrogen-bond acceptors (Lipinski definition) is 4. The van der Waals surface area contributed by atoms with Gasteiger partial charge in [-0.05, 0) is 24.3 Å². The first-order valence-corrected chi connectivity index (χ1v) is 6.11. The molecule has 0 spiro atoms. The van der Waals surface area contributed by atoms with Crippen LogP contribution in [0.4, 0.5) is 17.2 Å². The Bertz CT molecular complexity index is 525. The van der Waals surface area contributed by atoms with Gasteiger partial charge in [0.05, 0.1) is 11.9 Å². The third-order valence-electron chi connectivity index (χ3n) is 2.48. The molecule has 1 amide bonds. The van der Waals surface area contributed by atoms with Crippen molar-refractivity contribution in [2.24, 2.45) is 0 Å². The van der Waals surface area contributed by atoms with Gasteiger partial charge in [-0.3, -0.25) is 15.6 Å². The number of carbonyl (C=O) groups excluding carboxylic acids is 1. The van der Waals surface area contributed by atoms with Crippen molar-refractivity contribution in [3.8, 4) is 0 Å². The number of rotatable bonds is 5. The van der Waals surface area contributed by atoms with Crippen molar-refractivity contribution in [1.82, 2.24) is 10.4 Å². The second kappa shape index (κ2) is 6.39. The van der Waals surface area contributed by atoms with E-state index in [1.54, 1.807) is 13.1 Å². The largest absolute Gasteiger partial charge is 0.340 e. The van der Waals surface area contributed by atoms with E-state index in [4.69, 9.17) is 0 Å². The number of anilines is 3. The first-order chi connectivity index (χ1) is 9.28. The molecule has 1 aromatic heterocycles. The van der Waals surface area contributed by atoms with Gasteiger partial charge in [-0.15, -0.1) is 0 Å². The molecule has 2 aromatic rings. The van der Waals surface area contributed by atoms with E-state index in [-0.39, 0.29) is 5.91 Å². The Balaban J connectivity index is 1.93. The standard InChI is InChI=1S/C14H16N4O/c1-2-14(19)18-17-12-8-9-13(15-10-12)16-11-6-4-3-5-7-11/h3-10,17H,2H2,1H3,(H,15,16)(H,18,19). The van der Waals surface area contributed by atoms with Gasteiger partial charge in [0.1, 0.15) is 5.82 Å². The van der Waals surface area contributed by atoms with Crippen molar-refractivity contribution < 1.29 is 4.79 Å². The fraction of sp³-hybridized carbons (Fsp3) is 0.143. The van der Waals surface area contributed by atoms with Crippen LogP contribution in [0.1, 0.15) is 13.3 Å². The predicted octanol–water partition coefficient (Wildman–Crippen LogP) is 2.68. The Hall–Kier alpha value is -2.56. The maximum absolute atomic E-state index is 11.1. The van der Waals surface area contributed by atoms with Crippen molar-refractivity contribution in [2.75, 3.05) is 10.7 Å². The summed E-state index contributed by atoms with van der Waals surface area (Å²) in [4.78, 5) is 15.3. The zero-order valence-electron chi connectivity index (χ0n) is 10.7. The summed E-state index contributed by atoms with van der Waals surface area (Å²) in [5.41, 5.74) is 7.08. The summed E-state index contributed by atoms with van der Waals surface area (Å²) in [6.07, 6.45) is 2.09. The van der Waals surface area contributed by atoms with Gasteiger partial charge in [0.25, 0.3) is 0 Å².